The van der Waals surface area contributed by atoms with Crippen molar-refractivity contribution >= 4 is 5.97 Å². The zero-order chi connectivity index (χ0) is 13.5. The molecule has 100 valence electrons. The fraction of sp³-hybridized carbons (Fsp3) is 0.438. The van der Waals surface area contributed by atoms with Gasteiger partial charge in [0.2, 0.25) is 0 Å². The third-order valence-electron chi connectivity index (χ3n) is 3.16. The van der Waals surface area contributed by atoms with E-state index in [0.29, 0.717) is 13.2 Å². The van der Waals surface area contributed by atoms with Gasteiger partial charge in [0.25, 0.3) is 0 Å². The quantitative estimate of drug-likeness (QED) is 0.613. The molecule has 3 nitrogen and oxygen atoms in total. The lowest BCUT2D eigenvalue weighted by Gasteiger charge is -2.18. The number of ether oxygens (including phenoxy) is 1. The summed E-state index contributed by atoms with van der Waals surface area (Å²) in [5.74, 6) is 6.29. The van der Waals surface area contributed by atoms with Crippen LogP contribution in [0.2, 0.25) is 0 Å². The van der Waals surface area contributed by atoms with Gasteiger partial charge in [-0.05, 0) is 31.9 Å². The van der Waals surface area contributed by atoms with Gasteiger partial charge in [-0.2, -0.15) is 0 Å². The minimum atomic E-state index is -0.157. The smallest absolute Gasteiger partial charge is 0.320 e. The maximum atomic E-state index is 11.5. The molecule has 0 radical (unpaired) electrons. The van der Waals surface area contributed by atoms with Crippen molar-refractivity contribution in [2.75, 3.05) is 19.7 Å². The molecule has 0 saturated carbocycles. The van der Waals surface area contributed by atoms with Crippen LogP contribution < -0.4 is 0 Å². The summed E-state index contributed by atoms with van der Waals surface area (Å²) in [6, 6.07) is 10.1. The Labute approximate surface area is 114 Å². The molecule has 1 heterocycles. The van der Waals surface area contributed by atoms with E-state index in [4.69, 9.17) is 4.74 Å². The second-order valence-electron chi connectivity index (χ2n) is 4.57. The number of likely N-dealkylation sites (tertiary alicyclic amines) is 1. The highest BCUT2D eigenvalue weighted by atomic mass is 16.5. The molecular formula is C16H19NO2. The van der Waals surface area contributed by atoms with E-state index in [2.05, 4.69) is 16.7 Å². The van der Waals surface area contributed by atoms with E-state index in [-0.39, 0.29) is 12.0 Å². The normalized spacial score (nSPS) is 18.7. The van der Waals surface area contributed by atoms with E-state index in [1.54, 1.807) is 0 Å². The number of carbonyl (C=O) groups excluding carboxylic acids is 1. The molecule has 0 spiro atoms. The topological polar surface area (TPSA) is 29.5 Å². The number of rotatable bonds is 3. The van der Waals surface area contributed by atoms with Crippen molar-refractivity contribution in [1.82, 2.24) is 4.90 Å². The summed E-state index contributed by atoms with van der Waals surface area (Å²) < 4.78 is 4.99. The molecule has 0 N–H and O–H groups in total. The van der Waals surface area contributed by atoms with Crippen molar-refractivity contribution in [1.29, 1.82) is 0 Å². The largest absolute Gasteiger partial charge is 0.465 e. The molecule has 1 unspecified atom stereocenters. The molecule has 1 aliphatic rings. The Morgan fingerprint density at radius 2 is 2.21 bits per heavy atom. The van der Waals surface area contributed by atoms with Crippen LogP contribution in [0.5, 0.6) is 0 Å². The average Bonchev–Trinajstić information content (AvgIpc) is 2.85. The zero-order valence-electron chi connectivity index (χ0n) is 11.3. The Kier molecular flexibility index (Phi) is 5.00. The van der Waals surface area contributed by atoms with Crippen molar-refractivity contribution in [3.8, 4) is 11.8 Å². The van der Waals surface area contributed by atoms with E-state index < -0.39 is 0 Å². The van der Waals surface area contributed by atoms with Gasteiger partial charge in [-0.25, -0.2) is 0 Å². The van der Waals surface area contributed by atoms with Gasteiger partial charge in [0.15, 0.2) is 0 Å². The number of benzene rings is 1. The maximum Gasteiger partial charge on any atom is 0.320 e. The first kappa shape index (κ1) is 13.6. The third-order valence-corrected chi connectivity index (χ3v) is 3.16. The van der Waals surface area contributed by atoms with Crippen LogP contribution in [-0.4, -0.2) is 36.6 Å². The Morgan fingerprint density at radius 1 is 1.42 bits per heavy atom. The fourth-order valence-corrected chi connectivity index (χ4v) is 2.24. The standard InChI is InChI=1S/C16H19NO2/c1-2-19-16(18)13-17-12-6-9-15(17)11-10-14-7-4-3-5-8-14/h3-5,7-8,15H,2,6,9,12-13H2,1H3. The zero-order valence-corrected chi connectivity index (χ0v) is 11.3. The lowest BCUT2D eigenvalue weighted by atomic mass is 10.2. The van der Waals surface area contributed by atoms with Crippen molar-refractivity contribution in [2.45, 2.75) is 25.8 Å². The number of hydrogen-bond donors (Lipinski definition) is 0. The van der Waals surface area contributed by atoms with Crippen molar-refractivity contribution in [3.05, 3.63) is 35.9 Å². The molecule has 0 aliphatic carbocycles. The van der Waals surface area contributed by atoms with E-state index >= 15 is 0 Å². The Bertz CT molecular complexity index is 473. The Hall–Kier alpha value is -1.79. The van der Waals surface area contributed by atoms with Gasteiger partial charge in [0.1, 0.15) is 0 Å². The SMILES string of the molecule is CCOC(=O)CN1CCCC1C#Cc1ccccc1. The molecule has 1 saturated heterocycles. The van der Waals surface area contributed by atoms with Gasteiger partial charge in [0, 0.05) is 12.1 Å². The van der Waals surface area contributed by atoms with Gasteiger partial charge < -0.3 is 4.74 Å². The van der Waals surface area contributed by atoms with Crippen LogP contribution in [0, 0.1) is 11.8 Å². The average molecular weight is 257 g/mol. The molecule has 1 aromatic rings. The first-order valence-electron chi connectivity index (χ1n) is 6.76. The summed E-state index contributed by atoms with van der Waals surface area (Å²) in [5, 5.41) is 0. The number of esters is 1. The van der Waals surface area contributed by atoms with E-state index in [1.807, 2.05) is 37.3 Å². The van der Waals surface area contributed by atoms with Crippen LogP contribution in [0.3, 0.4) is 0 Å². The lowest BCUT2D eigenvalue weighted by molar-refractivity contribution is -0.144. The summed E-state index contributed by atoms with van der Waals surface area (Å²) in [7, 11) is 0. The molecule has 2 rings (SSSR count). The second kappa shape index (κ2) is 6.96. The summed E-state index contributed by atoms with van der Waals surface area (Å²) in [4.78, 5) is 13.6. The van der Waals surface area contributed by atoms with Gasteiger partial charge >= 0.3 is 5.97 Å². The van der Waals surface area contributed by atoms with Crippen molar-refractivity contribution in [2.24, 2.45) is 0 Å². The van der Waals surface area contributed by atoms with E-state index in [1.165, 1.54) is 0 Å². The molecule has 1 atom stereocenters. The maximum absolute atomic E-state index is 11.5. The van der Waals surface area contributed by atoms with Crippen molar-refractivity contribution < 1.29 is 9.53 Å². The van der Waals surface area contributed by atoms with Crippen molar-refractivity contribution in [3.63, 3.8) is 0 Å². The Morgan fingerprint density at radius 3 is 2.95 bits per heavy atom. The van der Waals surface area contributed by atoms with Gasteiger partial charge in [-0.1, -0.05) is 30.0 Å². The van der Waals surface area contributed by atoms with E-state index in [0.717, 1.165) is 24.9 Å². The number of carbonyl (C=O) groups is 1. The summed E-state index contributed by atoms with van der Waals surface area (Å²) in [6.07, 6.45) is 2.12. The monoisotopic (exact) mass is 257 g/mol. The minimum absolute atomic E-state index is 0.157. The Balaban J connectivity index is 1.96. The van der Waals surface area contributed by atoms with Crippen LogP contribution in [0.25, 0.3) is 0 Å². The third kappa shape index (κ3) is 4.11. The highest BCUT2D eigenvalue weighted by molar-refractivity contribution is 5.71. The minimum Gasteiger partial charge on any atom is -0.465 e. The van der Waals surface area contributed by atoms with Crippen LogP contribution in [0.4, 0.5) is 0 Å². The number of nitrogens with zero attached hydrogens (tertiary/aromatic N) is 1. The molecule has 0 amide bonds. The molecule has 19 heavy (non-hydrogen) atoms. The lowest BCUT2D eigenvalue weighted by Crippen LogP contribution is -2.34. The van der Waals surface area contributed by atoms with Crippen LogP contribution in [-0.2, 0) is 9.53 Å². The first-order chi connectivity index (χ1) is 9.29. The first-order valence-corrected chi connectivity index (χ1v) is 6.76. The summed E-state index contributed by atoms with van der Waals surface area (Å²) in [5.41, 5.74) is 1.02. The molecule has 0 aromatic heterocycles. The second-order valence-corrected chi connectivity index (χ2v) is 4.57. The molecule has 1 aliphatic heterocycles. The van der Waals surface area contributed by atoms with Crippen LogP contribution >= 0.6 is 0 Å². The molecule has 1 aromatic carbocycles. The predicted molar refractivity (Wildman–Crippen MR) is 74.5 cm³/mol. The van der Waals surface area contributed by atoms with E-state index in [9.17, 15) is 4.79 Å². The number of hydrogen-bond acceptors (Lipinski definition) is 3. The molecule has 1 fully saturated rings. The highest BCUT2D eigenvalue weighted by Crippen LogP contribution is 2.16. The molecular weight excluding hydrogens is 238 g/mol. The summed E-state index contributed by atoms with van der Waals surface area (Å²) >= 11 is 0. The van der Waals surface area contributed by atoms with Gasteiger partial charge in [0.05, 0.1) is 19.2 Å². The van der Waals surface area contributed by atoms with Gasteiger partial charge in [-0.3, -0.25) is 9.69 Å². The molecule has 3 heteroatoms. The summed E-state index contributed by atoms with van der Waals surface area (Å²) in [6.45, 7) is 3.54. The van der Waals surface area contributed by atoms with Crippen LogP contribution in [0.15, 0.2) is 30.3 Å². The van der Waals surface area contributed by atoms with Crippen LogP contribution in [0.1, 0.15) is 25.3 Å². The predicted octanol–water partition coefficient (Wildman–Crippen LogP) is 2.07. The molecule has 0 bridgehead atoms. The fourth-order valence-electron chi connectivity index (χ4n) is 2.24. The van der Waals surface area contributed by atoms with Gasteiger partial charge in [-0.15, -0.1) is 0 Å². The highest BCUT2D eigenvalue weighted by Gasteiger charge is 2.24.